The van der Waals surface area contributed by atoms with Gasteiger partial charge in [0.1, 0.15) is 18.1 Å². The number of nitrogens with zero attached hydrogens (tertiary/aromatic N) is 1. The quantitative estimate of drug-likeness (QED) is 0.545. The molecule has 146 valence electrons. The molecule has 0 saturated heterocycles. The molecule has 0 aliphatic rings. The number of hydrogen-bond donors (Lipinski definition) is 1. The van der Waals surface area contributed by atoms with E-state index in [9.17, 15) is 5.11 Å². The summed E-state index contributed by atoms with van der Waals surface area (Å²) in [5.41, 5.74) is 2.64. The number of pyridine rings is 1. The fourth-order valence-electron chi connectivity index (χ4n) is 2.86. The van der Waals surface area contributed by atoms with Crippen molar-refractivity contribution in [2.24, 2.45) is 0 Å². The molecule has 0 amide bonds. The summed E-state index contributed by atoms with van der Waals surface area (Å²) >= 11 is 3.44. The molecule has 3 rings (SSSR count). The van der Waals surface area contributed by atoms with Crippen LogP contribution in [0, 0.1) is 0 Å². The van der Waals surface area contributed by atoms with Gasteiger partial charge in [-0.1, -0.05) is 30.3 Å². The molecule has 0 bridgehead atoms. The third-order valence-corrected chi connectivity index (χ3v) is 5.00. The van der Waals surface area contributed by atoms with Crippen molar-refractivity contribution in [1.82, 2.24) is 4.98 Å². The molecule has 1 N–H and O–H groups in total. The van der Waals surface area contributed by atoms with Crippen LogP contribution in [-0.4, -0.2) is 24.3 Å². The maximum atomic E-state index is 10.8. The van der Waals surface area contributed by atoms with E-state index in [0.717, 1.165) is 21.3 Å². The highest BCUT2D eigenvalue weighted by Gasteiger charge is 2.17. The highest BCUT2D eigenvalue weighted by atomic mass is 79.9. The zero-order chi connectivity index (χ0) is 19.9. The summed E-state index contributed by atoms with van der Waals surface area (Å²) in [6.45, 7) is 0.474. The normalized spacial score (nSPS) is 11.7. The van der Waals surface area contributed by atoms with Gasteiger partial charge < -0.3 is 19.3 Å². The minimum atomic E-state index is -0.760. The summed E-state index contributed by atoms with van der Waals surface area (Å²) in [5.74, 6) is 1.87. The third kappa shape index (κ3) is 5.03. The van der Waals surface area contributed by atoms with E-state index in [-0.39, 0.29) is 0 Å². The number of methoxy groups -OCH3 is 2. The van der Waals surface area contributed by atoms with E-state index in [1.54, 1.807) is 26.5 Å². The van der Waals surface area contributed by atoms with Crippen molar-refractivity contribution in [3.8, 4) is 17.4 Å². The molecule has 0 saturated carbocycles. The molecule has 1 aromatic heterocycles. The van der Waals surface area contributed by atoms with Crippen LogP contribution in [0.1, 0.15) is 22.8 Å². The standard InChI is InChI=1S/C22H22BrNO4/c1-26-21-9-8-17(28-14-15-6-4-3-5-7-15)10-16(21)11-20(25)18-12-22(27-2)24-13-19(18)23/h3-10,12-13,20,25H,11,14H2,1-2H3. The number of aliphatic hydroxyl groups is 1. The summed E-state index contributed by atoms with van der Waals surface area (Å²) in [4.78, 5) is 4.12. The van der Waals surface area contributed by atoms with Gasteiger partial charge in [0.15, 0.2) is 0 Å². The second-order valence-corrected chi connectivity index (χ2v) is 7.07. The molecule has 0 fully saturated rings. The van der Waals surface area contributed by atoms with Gasteiger partial charge in [-0.05, 0) is 39.7 Å². The first-order valence-electron chi connectivity index (χ1n) is 8.82. The number of aromatic nitrogens is 1. The number of halogens is 1. The van der Waals surface area contributed by atoms with Crippen LogP contribution in [-0.2, 0) is 13.0 Å². The second-order valence-electron chi connectivity index (χ2n) is 6.22. The zero-order valence-electron chi connectivity index (χ0n) is 15.8. The molecule has 0 aliphatic carbocycles. The van der Waals surface area contributed by atoms with Crippen LogP contribution in [0.15, 0.2) is 65.3 Å². The molecule has 28 heavy (non-hydrogen) atoms. The zero-order valence-corrected chi connectivity index (χ0v) is 17.3. The number of ether oxygens (including phenoxy) is 3. The van der Waals surface area contributed by atoms with E-state index in [1.807, 2.05) is 48.5 Å². The largest absolute Gasteiger partial charge is 0.496 e. The molecule has 1 heterocycles. The Morgan fingerprint density at radius 3 is 2.54 bits per heavy atom. The Kier molecular flexibility index (Phi) is 6.90. The maximum Gasteiger partial charge on any atom is 0.213 e. The van der Waals surface area contributed by atoms with Crippen molar-refractivity contribution in [2.45, 2.75) is 19.1 Å². The Bertz CT molecular complexity index is 918. The molecule has 1 atom stereocenters. The topological polar surface area (TPSA) is 60.8 Å². The highest BCUT2D eigenvalue weighted by Crippen LogP contribution is 2.32. The van der Waals surface area contributed by atoms with Gasteiger partial charge in [-0.15, -0.1) is 0 Å². The Balaban J connectivity index is 1.78. The van der Waals surface area contributed by atoms with Gasteiger partial charge in [0, 0.05) is 34.3 Å². The van der Waals surface area contributed by atoms with E-state index in [0.29, 0.717) is 30.2 Å². The Morgan fingerprint density at radius 2 is 1.82 bits per heavy atom. The van der Waals surface area contributed by atoms with E-state index < -0.39 is 6.10 Å². The third-order valence-electron chi connectivity index (χ3n) is 4.34. The van der Waals surface area contributed by atoms with Crippen molar-refractivity contribution in [3.63, 3.8) is 0 Å². The van der Waals surface area contributed by atoms with Crippen LogP contribution in [0.2, 0.25) is 0 Å². The average Bonchev–Trinajstić information content (AvgIpc) is 2.73. The SMILES string of the molecule is COc1cc(C(O)Cc2cc(OCc3ccccc3)ccc2OC)c(Br)cn1. The van der Waals surface area contributed by atoms with Gasteiger partial charge >= 0.3 is 0 Å². The predicted molar refractivity (Wildman–Crippen MR) is 111 cm³/mol. The minimum Gasteiger partial charge on any atom is -0.496 e. The molecule has 3 aromatic rings. The predicted octanol–water partition coefficient (Wildman–Crippen LogP) is 4.72. The molecule has 1 unspecified atom stereocenters. The van der Waals surface area contributed by atoms with E-state index in [4.69, 9.17) is 14.2 Å². The van der Waals surface area contributed by atoms with Crippen LogP contribution in [0.3, 0.4) is 0 Å². The van der Waals surface area contributed by atoms with Crippen LogP contribution in [0.25, 0.3) is 0 Å². The number of aliphatic hydroxyl groups excluding tert-OH is 1. The Labute approximate surface area is 173 Å². The first kappa shape index (κ1) is 20.2. The Hall–Kier alpha value is -2.57. The van der Waals surface area contributed by atoms with Crippen LogP contribution >= 0.6 is 15.9 Å². The van der Waals surface area contributed by atoms with Gasteiger partial charge in [0.05, 0.1) is 20.3 Å². The van der Waals surface area contributed by atoms with E-state index in [1.165, 1.54) is 0 Å². The summed E-state index contributed by atoms with van der Waals surface area (Å²) in [7, 11) is 3.16. The van der Waals surface area contributed by atoms with Crippen molar-refractivity contribution < 1.29 is 19.3 Å². The average molecular weight is 444 g/mol. The van der Waals surface area contributed by atoms with Crippen LogP contribution < -0.4 is 14.2 Å². The van der Waals surface area contributed by atoms with Crippen LogP contribution in [0.5, 0.6) is 17.4 Å². The van der Waals surface area contributed by atoms with Crippen LogP contribution in [0.4, 0.5) is 0 Å². The smallest absolute Gasteiger partial charge is 0.213 e. The fourth-order valence-corrected chi connectivity index (χ4v) is 3.35. The van der Waals surface area contributed by atoms with Crippen molar-refractivity contribution in [1.29, 1.82) is 0 Å². The minimum absolute atomic E-state index is 0.359. The summed E-state index contributed by atoms with van der Waals surface area (Å²) < 4.78 is 17.2. The van der Waals surface area contributed by atoms with Crippen molar-refractivity contribution in [3.05, 3.63) is 82.0 Å². The first-order valence-corrected chi connectivity index (χ1v) is 9.61. The van der Waals surface area contributed by atoms with Gasteiger partial charge in [0.25, 0.3) is 0 Å². The summed E-state index contributed by atoms with van der Waals surface area (Å²) in [6, 6.07) is 17.3. The first-order chi connectivity index (χ1) is 13.6. The molecule has 0 spiro atoms. The van der Waals surface area contributed by atoms with Crippen molar-refractivity contribution in [2.75, 3.05) is 14.2 Å². The number of benzene rings is 2. The molecular weight excluding hydrogens is 422 g/mol. The second kappa shape index (κ2) is 9.57. The lowest BCUT2D eigenvalue weighted by Gasteiger charge is -2.17. The molecular formula is C22H22BrNO4. The summed E-state index contributed by atoms with van der Waals surface area (Å²) in [6.07, 6.45) is 1.22. The van der Waals surface area contributed by atoms with E-state index in [2.05, 4.69) is 20.9 Å². The van der Waals surface area contributed by atoms with Gasteiger partial charge in [0.2, 0.25) is 5.88 Å². The molecule has 5 nitrogen and oxygen atoms in total. The fraction of sp³-hybridized carbons (Fsp3) is 0.227. The molecule has 6 heteroatoms. The molecule has 2 aromatic carbocycles. The Morgan fingerprint density at radius 1 is 1.04 bits per heavy atom. The van der Waals surface area contributed by atoms with Gasteiger partial charge in [-0.3, -0.25) is 0 Å². The van der Waals surface area contributed by atoms with E-state index >= 15 is 0 Å². The van der Waals surface area contributed by atoms with Gasteiger partial charge in [-0.25, -0.2) is 4.98 Å². The molecule has 0 aliphatic heterocycles. The van der Waals surface area contributed by atoms with Gasteiger partial charge in [-0.2, -0.15) is 0 Å². The highest BCUT2D eigenvalue weighted by molar-refractivity contribution is 9.10. The monoisotopic (exact) mass is 443 g/mol. The number of rotatable bonds is 8. The summed E-state index contributed by atoms with van der Waals surface area (Å²) in [5, 5.41) is 10.8. The lowest BCUT2D eigenvalue weighted by molar-refractivity contribution is 0.175. The lowest BCUT2D eigenvalue weighted by atomic mass is 10.0. The maximum absolute atomic E-state index is 10.8. The van der Waals surface area contributed by atoms with Crippen molar-refractivity contribution >= 4 is 15.9 Å². The molecule has 0 radical (unpaired) electrons. The number of hydrogen-bond acceptors (Lipinski definition) is 5. The lowest BCUT2D eigenvalue weighted by Crippen LogP contribution is -2.06.